The van der Waals surface area contributed by atoms with Gasteiger partial charge in [0.2, 0.25) is 5.91 Å². The van der Waals surface area contributed by atoms with Crippen molar-refractivity contribution in [2.75, 3.05) is 11.9 Å². The van der Waals surface area contributed by atoms with E-state index in [2.05, 4.69) is 10.6 Å². The molecule has 2 N–H and O–H groups in total. The van der Waals surface area contributed by atoms with E-state index in [0.29, 0.717) is 5.69 Å². The number of halogens is 2. The summed E-state index contributed by atoms with van der Waals surface area (Å²) in [6, 6.07) is 4.56. The maximum Gasteiger partial charge on any atom is 0.239 e. The van der Waals surface area contributed by atoms with Gasteiger partial charge >= 0.3 is 0 Å². The fraction of sp³-hybridized carbons (Fsp3) is 0.462. The van der Waals surface area contributed by atoms with E-state index in [1.54, 1.807) is 6.07 Å². The highest BCUT2D eigenvalue weighted by atomic mass is 35.5. The Morgan fingerprint density at radius 3 is 2.61 bits per heavy atom. The predicted molar refractivity (Wildman–Crippen MR) is 72.4 cm³/mol. The molecule has 0 saturated heterocycles. The Morgan fingerprint density at radius 1 is 1.39 bits per heavy atom. The van der Waals surface area contributed by atoms with Crippen LogP contribution in [0.1, 0.15) is 26.7 Å². The molecule has 18 heavy (non-hydrogen) atoms. The van der Waals surface area contributed by atoms with E-state index in [9.17, 15) is 9.18 Å². The van der Waals surface area contributed by atoms with Crippen molar-refractivity contribution in [3.63, 3.8) is 0 Å². The van der Waals surface area contributed by atoms with Gasteiger partial charge in [0.05, 0.1) is 11.6 Å². The molecule has 1 amide bonds. The lowest BCUT2D eigenvalue weighted by atomic mass is 10.2. The summed E-state index contributed by atoms with van der Waals surface area (Å²) in [5, 5.41) is 5.82. The first-order chi connectivity index (χ1) is 8.56. The molecule has 0 heterocycles. The zero-order chi connectivity index (χ0) is 13.5. The molecule has 0 aliphatic carbocycles. The highest BCUT2D eigenvalue weighted by molar-refractivity contribution is 6.30. The molecule has 0 aliphatic rings. The Bertz CT molecular complexity index is 408. The minimum absolute atomic E-state index is 0.0713. The number of carbonyl (C=O) groups excluding carboxylic acids is 1. The third kappa shape index (κ3) is 4.53. The average molecular weight is 273 g/mol. The monoisotopic (exact) mass is 272 g/mol. The highest BCUT2D eigenvalue weighted by Crippen LogP contribution is 2.18. The maximum absolute atomic E-state index is 13.2. The lowest BCUT2D eigenvalue weighted by Crippen LogP contribution is -2.37. The zero-order valence-corrected chi connectivity index (χ0v) is 11.4. The van der Waals surface area contributed by atoms with Crippen molar-refractivity contribution in [1.29, 1.82) is 0 Å². The Balaban J connectivity index is 2.44. The van der Waals surface area contributed by atoms with Gasteiger partial charge in [0, 0.05) is 11.7 Å². The number of carbonyl (C=O) groups is 1. The first-order valence-corrected chi connectivity index (χ1v) is 6.42. The zero-order valence-electron chi connectivity index (χ0n) is 10.6. The van der Waals surface area contributed by atoms with E-state index >= 15 is 0 Å². The number of benzene rings is 1. The molecule has 0 bridgehead atoms. The summed E-state index contributed by atoms with van der Waals surface area (Å²) in [6.45, 7) is 4.17. The summed E-state index contributed by atoms with van der Waals surface area (Å²) < 4.78 is 13.2. The number of anilines is 1. The van der Waals surface area contributed by atoms with Crippen molar-refractivity contribution in [2.45, 2.75) is 32.7 Å². The van der Waals surface area contributed by atoms with E-state index in [1.165, 1.54) is 12.1 Å². The third-order valence-electron chi connectivity index (χ3n) is 2.72. The quantitative estimate of drug-likeness (QED) is 0.835. The molecule has 0 aromatic heterocycles. The highest BCUT2D eigenvalue weighted by Gasteiger charge is 2.08. The molecule has 100 valence electrons. The summed E-state index contributed by atoms with van der Waals surface area (Å²) in [5.41, 5.74) is 0.539. The number of nitrogens with one attached hydrogen (secondary N) is 2. The van der Waals surface area contributed by atoms with Gasteiger partial charge in [-0.25, -0.2) is 4.39 Å². The summed E-state index contributed by atoms with van der Waals surface area (Å²) in [7, 11) is 0. The van der Waals surface area contributed by atoms with E-state index in [-0.39, 0.29) is 23.5 Å². The molecular weight excluding hydrogens is 255 g/mol. The van der Waals surface area contributed by atoms with Crippen molar-refractivity contribution in [3.05, 3.63) is 29.0 Å². The Morgan fingerprint density at radius 2 is 2.06 bits per heavy atom. The number of rotatable bonds is 6. The molecular formula is C13H18ClFN2O. The van der Waals surface area contributed by atoms with Gasteiger partial charge in [-0.1, -0.05) is 25.4 Å². The minimum Gasteiger partial charge on any atom is -0.376 e. The van der Waals surface area contributed by atoms with Gasteiger partial charge in [-0.3, -0.25) is 4.79 Å². The van der Waals surface area contributed by atoms with Crippen LogP contribution in [-0.4, -0.2) is 18.5 Å². The molecule has 3 nitrogen and oxygen atoms in total. The van der Waals surface area contributed by atoms with Crippen molar-refractivity contribution < 1.29 is 9.18 Å². The number of hydrogen-bond donors (Lipinski definition) is 2. The second-order valence-electron chi connectivity index (χ2n) is 4.06. The van der Waals surface area contributed by atoms with E-state index < -0.39 is 5.82 Å². The van der Waals surface area contributed by atoms with Crippen LogP contribution in [-0.2, 0) is 4.79 Å². The van der Waals surface area contributed by atoms with Gasteiger partial charge in [0.15, 0.2) is 0 Å². The molecule has 1 aromatic rings. The number of amides is 1. The predicted octanol–water partition coefficient (Wildman–Crippen LogP) is 3.20. The van der Waals surface area contributed by atoms with Crippen LogP contribution >= 0.6 is 11.6 Å². The SMILES string of the molecule is CCC(CC)NC(=O)CNc1ccc(Cl)c(F)c1. The van der Waals surface area contributed by atoms with E-state index in [0.717, 1.165) is 12.8 Å². The summed E-state index contributed by atoms with van der Waals surface area (Å²) in [4.78, 5) is 11.6. The van der Waals surface area contributed by atoms with Crippen LogP contribution < -0.4 is 10.6 Å². The fourth-order valence-electron chi connectivity index (χ4n) is 1.56. The fourth-order valence-corrected chi connectivity index (χ4v) is 1.68. The normalized spacial score (nSPS) is 10.5. The van der Waals surface area contributed by atoms with E-state index in [1.807, 2.05) is 13.8 Å². The van der Waals surface area contributed by atoms with Crippen molar-refractivity contribution in [2.24, 2.45) is 0 Å². The summed E-state index contributed by atoms with van der Waals surface area (Å²) in [6.07, 6.45) is 1.80. The Hall–Kier alpha value is -1.29. The second kappa shape index (κ2) is 7.21. The molecule has 0 unspecified atom stereocenters. The first-order valence-electron chi connectivity index (χ1n) is 6.05. The molecule has 0 radical (unpaired) electrons. The van der Waals surface area contributed by atoms with Gasteiger partial charge in [0.1, 0.15) is 5.82 Å². The molecule has 5 heteroatoms. The van der Waals surface area contributed by atoms with Gasteiger partial charge in [-0.15, -0.1) is 0 Å². The lowest BCUT2D eigenvalue weighted by Gasteiger charge is -2.15. The smallest absolute Gasteiger partial charge is 0.239 e. The van der Waals surface area contributed by atoms with Crippen LogP contribution in [0.15, 0.2) is 18.2 Å². The Kier molecular flexibility index (Phi) is 5.92. The van der Waals surface area contributed by atoms with E-state index in [4.69, 9.17) is 11.6 Å². The average Bonchev–Trinajstić information content (AvgIpc) is 2.37. The molecule has 0 spiro atoms. The standard InChI is InChI=1S/C13H18ClFN2O/c1-3-9(4-2)17-13(18)8-16-10-5-6-11(14)12(15)7-10/h5-7,9,16H,3-4,8H2,1-2H3,(H,17,18). The second-order valence-corrected chi connectivity index (χ2v) is 4.47. The largest absolute Gasteiger partial charge is 0.376 e. The van der Waals surface area contributed by atoms with Gasteiger partial charge < -0.3 is 10.6 Å². The molecule has 0 atom stereocenters. The molecule has 0 fully saturated rings. The lowest BCUT2D eigenvalue weighted by molar-refractivity contribution is -0.120. The van der Waals surface area contributed by atoms with Crippen LogP contribution in [0.2, 0.25) is 5.02 Å². The molecule has 0 saturated carbocycles. The number of hydrogen-bond acceptors (Lipinski definition) is 2. The van der Waals surface area contributed by atoms with Crippen molar-refractivity contribution in [1.82, 2.24) is 5.32 Å². The maximum atomic E-state index is 13.2. The molecule has 1 aromatic carbocycles. The van der Waals surface area contributed by atoms with Gasteiger partial charge in [-0.05, 0) is 31.0 Å². The van der Waals surface area contributed by atoms with Crippen LogP contribution in [0, 0.1) is 5.82 Å². The molecule has 1 rings (SSSR count). The molecule has 0 aliphatic heterocycles. The summed E-state index contributed by atoms with van der Waals surface area (Å²) in [5.74, 6) is -0.596. The van der Waals surface area contributed by atoms with Gasteiger partial charge in [-0.2, -0.15) is 0 Å². The Labute approximate surface area is 112 Å². The van der Waals surface area contributed by atoms with Crippen molar-refractivity contribution in [3.8, 4) is 0 Å². The third-order valence-corrected chi connectivity index (χ3v) is 3.03. The van der Waals surface area contributed by atoms with Crippen LogP contribution in [0.3, 0.4) is 0 Å². The van der Waals surface area contributed by atoms with Gasteiger partial charge in [0.25, 0.3) is 0 Å². The first kappa shape index (κ1) is 14.8. The summed E-state index contributed by atoms with van der Waals surface area (Å²) >= 11 is 5.57. The topological polar surface area (TPSA) is 41.1 Å². The van der Waals surface area contributed by atoms with Crippen molar-refractivity contribution >= 4 is 23.2 Å². The van der Waals surface area contributed by atoms with Crippen LogP contribution in [0.25, 0.3) is 0 Å². The van der Waals surface area contributed by atoms with Crippen LogP contribution in [0.5, 0.6) is 0 Å². The minimum atomic E-state index is -0.498. The van der Waals surface area contributed by atoms with Crippen LogP contribution in [0.4, 0.5) is 10.1 Å².